The second kappa shape index (κ2) is 6.12. The lowest BCUT2D eigenvalue weighted by molar-refractivity contribution is -0.134. The van der Waals surface area contributed by atoms with Gasteiger partial charge >= 0.3 is 6.01 Å². The SMILES string of the molecule is N#CC1(C(=O)N2CCc3nnc(COc4ncccn4)n3CC2)CC1. The molecule has 128 valence electrons. The van der Waals surface area contributed by atoms with Crippen LogP contribution >= 0.6 is 0 Å². The Kier molecular flexibility index (Phi) is 3.80. The molecule has 2 aromatic rings. The van der Waals surface area contributed by atoms with E-state index in [-0.39, 0.29) is 18.5 Å². The first-order chi connectivity index (χ1) is 12.2. The molecular weight excluding hydrogens is 322 g/mol. The van der Waals surface area contributed by atoms with Crippen LogP contribution in [0.5, 0.6) is 6.01 Å². The minimum absolute atomic E-state index is 0.0517. The summed E-state index contributed by atoms with van der Waals surface area (Å²) in [6, 6.07) is 4.18. The molecule has 0 atom stereocenters. The number of hydrogen-bond acceptors (Lipinski definition) is 7. The summed E-state index contributed by atoms with van der Waals surface area (Å²) >= 11 is 0. The number of fused-ring (bicyclic) bond motifs is 1. The van der Waals surface area contributed by atoms with Crippen molar-refractivity contribution in [3.05, 3.63) is 30.1 Å². The van der Waals surface area contributed by atoms with Crippen LogP contribution in [0.3, 0.4) is 0 Å². The van der Waals surface area contributed by atoms with Gasteiger partial charge in [0.05, 0.1) is 6.07 Å². The van der Waals surface area contributed by atoms with Crippen LogP contribution in [0.15, 0.2) is 18.5 Å². The Morgan fingerprint density at radius 2 is 2.04 bits per heavy atom. The topological polar surface area (TPSA) is 110 Å². The lowest BCUT2D eigenvalue weighted by Crippen LogP contribution is -2.38. The van der Waals surface area contributed by atoms with Gasteiger partial charge in [0.25, 0.3) is 0 Å². The zero-order valence-corrected chi connectivity index (χ0v) is 13.6. The number of ether oxygens (including phenoxy) is 1. The maximum Gasteiger partial charge on any atom is 0.316 e. The molecule has 9 nitrogen and oxygen atoms in total. The van der Waals surface area contributed by atoms with Crippen LogP contribution in [0.2, 0.25) is 0 Å². The Morgan fingerprint density at radius 3 is 2.76 bits per heavy atom. The van der Waals surface area contributed by atoms with E-state index >= 15 is 0 Å². The van der Waals surface area contributed by atoms with Gasteiger partial charge in [-0.2, -0.15) is 5.26 Å². The second-order valence-corrected chi connectivity index (χ2v) is 6.24. The van der Waals surface area contributed by atoms with Gasteiger partial charge < -0.3 is 14.2 Å². The van der Waals surface area contributed by atoms with Crippen LogP contribution in [-0.4, -0.2) is 48.6 Å². The lowest BCUT2D eigenvalue weighted by Gasteiger charge is -2.22. The molecule has 0 N–H and O–H groups in total. The molecular formula is C16H17N7O2. The summed E-state index contributed by atoms with van der Waals surface area (Å²) in [5, 5.41) is 17.6. The molecule has 1 amide bonds. The summed E-state index contributed by atoms with van der Waals surface area (Å²) in [6.45, 7) is 1.90. The normalized spacial score (nSPS) is 18.0. The van der Waals surface area contributed by atoms with Gasteiger partial charge in [-0.05, 0) is 18.9 Å². The van der Waals surface area contributed by atoms with Gasteiger partial charge in [0.2, 0.25) is 5.91 Å². The molecule has 4 rings (SSSR count). The van der Waals surface area contributed by atoms with Crippen LogP contribution in [0.25, 0.3) is 0 Å². The van der Waals surface area contributed by atoms with E-state index in [1.54, 1.807) is 23.4 Å². The third kappa shape index (κ3) is 2.91. The van der Waals surface area contributed by atoms with Gasteiger partial charge in [0, 0.05) is 38.4 Å². The molecule has 2 aromatic heterocycles. The van der Waals surface area contributed by atoms with E-state index in [1.807, 2.05) is 4.57 Å². The number of carbonyl (C=O) groups excluding carboxylic acids is 1. The zero-order chi connectivity index (χ0) is 17.3. The van der Waals surface area contributed by atoms with Gasteiger partial charge in [-0.3, -0.25) is 4.79 Å². The Balaban J connectivity index is 1.43. The fourth-order valence-corrected chi connectivity index (χ4v) is 2.98. The molecule has 1 aliphatic carbocycles. The van der Waals surface area contributed by atoms with Crippen molar-refractivity contribution in [1.82, 2.24) is 29.6 Å². The molecule has 0 aromatic carbocycles. The molecule has 1 aliphatic heterocycles. The average Bonchev–Trinajstić information content (AvgIpc) is 3.41. The molecule has 25 heavy (non-hydrogen) atoms. The smallest absolute Gasteiger partial charge is 0.316 e. The number of hydrogen-bond donors (Lipinski definition) is 0. The lowest BCUT2D eigenvalue weighted by atomic mass is 10.1. The van der Waals surface area contributed by atoms with Crippen molar-refractivity contribution in [2.75, 3.05) is 13.1 Å². The number of aromatic nitrogens is 5. The molecule has 0 radical (unpaired) electrons. The van der Waals surface area contributed by atoms with Gasteiger partial charge in [-0.15, -0.1) is 10.2 Å². The third-order valence-electron chi connectivity index (χ3n) is 4.64. The van der Waals surface area contributed by atoms with E-state index in [9.17, 15) is 10.1 Å². The van der Waals surface area contributed by atoms with Gasteiger partial charge in [0.15, 0.2) is 12.4 Å². The highest BCUT2D eigenvalue weighted by atomic mass is 16.5. The first-order valence-corrected chi connectivity index (χ1v) is 8.23. The molecule has 0 spiro atoms. The standard InChI is InChI=1S/C16H17N7O2/c17-11-16(3-4-16)14(24)22-7-2-12-20-21-13(23(12)9-8-22)10-25-15-18-5-1-6-19-15/h1,5-6H,2-4,7-10H2. The molecule has 9 heteroatoms. The van der Waals surface area contributed by atoms with Crippen LogP contribution in [0, 0.1) is 16.7 Å². The van der Waals surface area contributed by atoms with E-state index in [4.69, 9.17) is 4.74 Å². The Hall–Kier alpha value is -3.02. The molecule has 0 unspecified atom stereocenters. The number of rotatable bonds is 4. The van der Waals surface area contributed by atoms with Crippen LogP contribution in [0.4, 0.5) is 0 Å². The summed E-state index contributed by atoms with van der Waals surface area (Å²) in [4.78, 5) is 22.4. The predicted molar refractivity (Wildman–Crippen MR) is 84.0 cm³/mol. The van der Waals surface area contributed by atoms with E-state index in [0.717, 1.165) is 5.82 Å². The van der Waals surface area contributed by atoms with Gasteiger partial charge in [-0.25, -0.2) is 9.97 Å². The Morgan fingerprint density at radius 1 is 1.24 bits per heavy atom. The maximum atomic E-state index is 12.6. The van der Waals surface area contributed by atoms with Crippen molar-refractivity contribution in [2.24, 2.45) is 5.41 Å². The predicted octanol–water partition coefficient (Wildman–Crippen LogP) is 0.336. The molecule has 3 heterocycles. The summed E-state index contributed by atoms with van der Waals surface area (Å²) in [5.41, 5.74) is -0.777. The van der Waals surface area contributed by atoms with Crippen LogP contribution in [-0.2, 0) is 24.4 Å². The minimum atomic E-state index is -0.777. The molecule has 1 fully saturated rings. The van der Waals surface area contributed by atoms with Gasteiger partial charge in [-0.1, -0.05) is 0 Å². The number of nitriles is 1. The largest absolute Gasteiger partial charge is 0.455 e. The van der Waals surface area contributed by atoms with E-state index in [0.29, 0.717) is 44.7 Å². The number of carbonyl (C=O) groups is 1. The third-order valence-corrected chi connectivity index (χ3v) is 4.64. The monoisotopic (exact) mass is 339 g/mol. The van der Waals surface area contributed by atoms with E-state index in [1.165, 1.54) is 0 Å². The molecule has 2 aliphatic rings. The second-order valence-electron chi connectivity index (χ2n) is 6.24. The van der Waals surface area contributed by atoms with Crippen molar-refractivity contribution >= 4 is 5.91 Å². The highest BCUT2D eigenvalue weighted by Crippen LogP contribution is 2.46. The van der Waals surface area contributed by atoms with Crippen molar-refractivity contribution in [2.45, 2.75) is 32.4 Å². The Labute approximate surface area is 144 Å². The number of nitrogens with zero attached hydrogens (tertiary/aromatic N) is 7. The van der Waals surface area contributed by atoms with Crippen molar-refractivity contribution in [3.63, 3.8) is 0 Å². The van der Waals surface area contributed by atoms with Crippen LogP contribution in [0.1, 0.15) is 24.5 Å². The van der Waals surface area contributed by atoms with E-state index < -0.39 is 5.41 Å². The molecule has 0 saturated heterocycles. The number of amides is 1. The molecule has 0 bridgehead atoms. The van der Waals surface area contributed by atoms with Crippen molar-refractivity contribution in [1.29, 1.82) is 5.26 Å². The summed E-state index contributed by atoms with van der Waals surface area (Å²) in [7, 11) is 0. The minimum Gasteiger partial charge on any atom is -0.455 e. The summed E-state index contributed by atoms with van der Waals surface area (Å²) in [6.07, 6.45) is 5.17. The van der Waals surface area contributed by atoms with Gasteiger partial charge in [0.1, 0.15) is 11.2 Å². The fraction of sp³-hybridized carbons (Fsp3) is 0.500. The molecule has 1 saturated carbocycles. The average molecular weight is 339 g/mol. The maximum absolute atomic E-state index is 12.6. The fourth-order valence-electron chi connectivity index (χ4n) is 2.98. The van der Waals surface area contributed by atoms with E-state index in [2.05, 4.69) is 26.2 Å². The zero-order valence-electron chi connectivity index (χ0n) is 13.6. The quantitative estimate of drug-likeness (QED) is 0.789. The first-order valence-electron chi connectivity index (χ1n) is 8.23. The summed E-state index contributed by atoms with van der Waals surface area (Å²) in [5.74, 6) is 1.45. The highest BCUT2D eigenvalue weighted by Gasteiger charge is 2.52. The summed E-state index contributed by atoms with van der Waals surface area (Å²) < 4.78 is 7.52. The van der Waals surface area contributed by atoms with Crippen LogP contribution < -0.4 is 4.74 Å². The first kappa shape index (κ1) is 15.5. The highest BCUT2D eigenvalue weighted by molar-refractivity contribution is 5.88. The Bertz CT molecular complexity index is 823. The van der Waals surface area contributed by atoms with Crippen molar-refractivity contribution in [3.8, 4) is 12.1 Å². The van der Waals surface area contributed by atoms with Crippen molar-refractivity contribution < 1.29 is 9.53 Å².